The van der Waals surface area contributed by atoms with E-state index in [-0.39, 0.29) is 11.8 Å². The van der Waals surface area contributed by atoms with Gasteiger partial charge < -0.3 is 15.5 Å². The Kier molecular flexibility index (Phi) is 3.93. The predicted octanol–water partition coefficient (Wildman–Crippen LogP) is -0.0939. The van der Waals surface area contributed by atoms with Gasteiger partial charge >= 0.3 is 0 Å². The van der Waals surface area contributed by atoms with Crippen molar-refractivity contribution >= 4 is 23.2 Å². The van der Waals surface area contributed by atoms with Crippen molar-refractivity contribution in [2.75, 3.05) is 26.2 Å². The van der Waals surface area contributed by atoms with Gasteiger partial charge in [0.25, 0.3) is 5.91 Å². The van der Waals surface area contributed by atoms with Crippen LogP contribution in [0.15, 0.2) is 5.38 Å². The first kappa shape index (κ1) is 13.0. The van der Waals surface area contributed by atoms with E-state index in [2.05, 4.69) is 4.98 Å². The number of aromatic nitrogens is 1. The summed E-state index contributed by atoms with van der Waals surface area (Å²) in [6.45, 7) is 4.22. The van der Waals surface area contributed by atoms with Gasteiger partial charge in [0.15, 0.2) is 0 Å². The first-order valence-electron chi connectivity index (χ1n) is 5.81. The van der Waals surface area contributed by atoms with Crippen LogP contribution >= 0.6 is 11.3 Å². The molecule has 18 heavy (non-hydrogen) atoms. The molecule has 1 aliphatic rings. The number of carbonyl (C=O) groups is 2. The molecule has 1 saturated heterocycles. The van der Waals surface area contributed by atoms with E-state index in [1.807, 2.05) is 0 Å². The summed E-state index contributed by atoms with van der Waals surface area (Å²) in [7, 11) is 0. The fraction of sp³-hybridized carbons (Fsp3) is 0.545. The largest absolute Gasteiger partial charge is 0.339 e. The van der Waals surface area contributed by atoms with Crippen LogP contribution in [0, 0.1) is 0 Å². The number of piperazine rings is 1. The third kappa shape index (κ3) is 2.68. The highest BCUT2D eigenvalue weighted by atomic mass is 32.1. The Bertz CT molecular complexity index is 452. The summed E-state index contributed by atoms with van der Waals surface area (Å²) in [6, 6.07) is 0. The summed E-state index contributed by atoms with van der Waals surface area (Å²) >= 11 is 1.40. The van der Waals surface area contributed by atoms with Crippen LogP contribution in [0.2, 0.25) is 0 Å². The van der Waals surface area contributed by atoms with Crippen LogP contribution in [-0.2, 0) is 11.3 Å². The minimum atomic E-state index is -0.0749. The van der Waals surface area contributed by atoms with Crippen LogP contribution in [0.1, 0.15) is 22.4 Å². The lowest BCUT2D eigenvalue weighted by molar-refractivity contribution is -0.130. The number of rotatable bonds is 2. The van der Waals surface area contributed by atoms with E-state index < -0.39 is 0 Å². The maximum atomic E-state index is 12.1. The van der Waals surface area contributed by atoms with E-state index in [0.717, 1.165) is 5.01 Å². The minimum Gasteiger partial charge on any atom is -0.339 e. The number of carbonyl (C=O) groups excluding carboxylic acids is 2. The molecule has 0 spiro atoms. The number of hydrogen-bond acceptors (Lipinski definition) is 5. The van der Waals surface area contributed by atoms with Crippen LogP contribution in [0.4, 0.5) is 0 Å². The van der Waals surface area contributed by atoms with Gasteiger partial charge in [-0.25, -0.2) is 4.98 Å². The van der Waals surface area contributed by atoms with E-state index in [9.17, 15) is 9.59 Å². The fourth-order valence-electron chi connectivity index (χ4n) is 1.89. The molecule has 98 valence electrons. The summed E-state index contributed by atoms with van der Waals surface area (Å²) in [6.07, 6.45) is 0. The quantitative estimate of drug-likeness (QED) is 0.812. The molecule has 1 fully saturated rings. The summed E-state index contributed by atoms with van der Waals surface area (Å²) < 4.78 is 0. The molecule has 2 rings (SSSR count). The van der Waals surface area contributed by atoms with Crippen molar-refractivity contribution in [2.45, 2.75) is 13.5 Å². The monoisotopic (exact) mass is 268 g/mol. The molecule has 0 aromatic carbocycles. The molecular weight excluding hydrogens is 252 g/mol. The lowest BCUT2D eigenvalue weighted by Gasteiger charge is -2.33. The first-order valence-corrected chi connectivity index (χ1v) is 6.69. The zero-order valence-corrected chi connectivity index (χ0v) is 11.1. The van der Waals surface area contributed by atoms with Gasteiger partial charge in [0.1, 0.15) is 10.7 Å². The van der Waals surface area contributed by atoms with E-state index in [1.54, 1.807) is 22.1 Å². The molecule has 2 heterocycles. The topological polar surface area (TPSA) is 79.5 Å². The molecule has 0 aliphatic carbocycles. The zero-order chi connectivity index (χ0) is 13.1. The third-order valence-corrected chi connectivity index (χ3v) is 3.83. The Hall–Kier alpha value is -1.47. The Morgan fingerprint density at radius 2 is 1.94 bits per heavy atom. The second-order valence-electron chi connectivity index (χ2n) is 4.13. The van der Waals surface area contributed by atoms with Gasteiger partial charge in [0.05, 0.1) is 0 Å². The zero-order valence-electron chi connectivity index (χ0n) is 10.3. The van der Waals surface area contributed by atoms with Gasteiger partial charge in [-0.15, -0.1) is 11.3 Å². The second kappa shape index (κ2) is 5.45. The molecule has 1 aromatic rings. The van der Waals surface area contributed by atoms with E-state index in [0.29, 0.717) is 38.4 Å². The first-order chi connectivity index (χ1) is 8.61. The molecular formula is C11H16N4O2S. The maximum absolute atomic E-state index is 12.1. The van der Waals surface area contributed by atoms with Crippen molar-refractivity contribution in [1.82, 2.24) is 14.8 Å². The lowest BCUT2D eigenvalue weighted by Crippen LogP contribution is -2.50. The van der Waals surface area contributed by atoms with Crippen molar-refractivity contribution in [3.05, 3.63) is 16.1 Å². The summed E-state index contributed by atoms with van der Waals surface area (Å²) in [4.78, 5) is 31.0. The van der Waals surface area contributed by atoms with Crippen molar-refractivity contribution < 1.29 is 9.59 Å². The SMILES string of the molecule is CC(=O)N1CCN(C(=O)c2csc(CN)n2)CC1. The van der Waals surface area contributed by atoms with Gasteiger partial charge in [0, 0.05) is 45.0 Å². The van der Waals surface area contributed by atoms with Crippen molar-refractivity contribution in [3.8, 4) is 0 Å². The van der Waals surface area contributed by atoms with Crippen molar-refractivity contribution in [2.24, 2.45) is 5.73 Å². The van der Waals surface area contributed by atoms with Gasteiger partial charge in [-0.1, -0.05) is 0 Å². The molecule has 0 radical (unpaired) electrons. The fourth-order valence-corrected chi connectivity index (χ4v) is 2.54. The molecule has 0 saturated carbocycles. The standard InChI is InChI=1S/C11H16N4O2S/c1-8(16)14-2-4-15(5-3-14)11(17)9-7-18-10(6-12)13-9/h7H,2-6,12H2,1H3. The van der Waals surface area contributed by atoms with E-state index in [1.165, 1.54) is 11.3 Å². The molecule has 0 atom stereocenters. The van der Waals surface area contributed by atoms with Crippen LogP contribution < -0.4 is 5.73 Å². The molecule has 2 N–H and O–H groups in total. The van der Waals surface area contributed by atoms with Crippen molar-refractivity contribution in [1.29, 1.82) is 0 Å². The van der Waals surface area contributed by atoms with Crippen LogP contribution in [0.25, 0.3) is 0 Å². The van der Waals surface area contributed by atoms with Crippen molar-refractivity contribution in [3.63, 3.8) is 0 Å². The van der Waals surface area contributed by atoms with Crippen LogP contribution in [-0.4, -0.2) is 52.8 Å². The smallest absolute Gasteiger partial charge is 0.273 e. The minimum absolute atomic E-state index is 0.0566. The molecule has 7 heteroatoms. The van der Waals surface area contributed by atoms with Gasteiger partial charge in [0.2, 0.25) is 5.91 Å². The average molecular weight is 268 g/mol. The highest BCUT2D eigenvalue weighted by Crippen LogP contribution is 2.13. The predicted molar refractivity (Wildman–Crippen MR) is 68.2 cm³/mol. The normalized spacial score (nSPS) is 15.9. The second-order valence-corrected chi connectivity index (χ2v) is 5.07. The third-order valence-electron chi connectivity index (χ3n) is 2.96. The Balaban J connectivity index is 1.97. The molecule has 6 nitrogen and oxygen atoms in total. The number of hydrogen-bond donors (Lipinski definition) is 1. The Morgan fingerprint density at radius 1 is 1.33 bits per heavy atom. The molecule has 2 amide bonds. The lowest BCUT2D eigenvalue weighted by atomic mass is 10.3. The average Bonchev–Trinajstić information content (AvgIpc) is 2.86. The van der Waals surface area contributed by atoms with E-state index >= 15 is 0 Å². The molecule has 0 unspecified atom stereocenters. The Labute approximate surface area is 109 Å². The molecule has 1 aliphatic heterocycles. The number of nitrogens with two attached hydrogens (primary N) is 1. The summed E-state index contributed by atoms with van der Waals surface area (Å²) in [5.74, 6) is -0.0182. The number of thiazole rings is 1. The number of nitrogens with zero attached hydrogens (tertiary/aromatic N) is 3. The van der Waals surface area contributed by atoms with Gasteiger partial charge in [-0.3, -0.25) is 9.59 Å². The van der Waals surface area contributed by atoms with Gasteiger partial charge in [-0.05, 0) is 0 Å². The summed E-state index contributed by atoms with van der Waals surface area (Å²) in [5.41, 5.74) is 5.93. The molecule has 0 bridgehead atoms. The summed E-state index contributed by atoms with van der Waals surface area (Å²) in [5, 5.41) is 2.50. The highest BCUT2D eigenvalue weighted by Gasteiger charge is 2.24. The Morgan fingerprint density at radius 3 is 2.44 bits per heavy atom. The maximum Gasteiger partial charge on any atom is 0.273 e. The molecule has 1 aromatic heterocycles. The number of amides is 2. The van der Waals surface area contributed by atoms with Crippen LogP contribution in [0.5, 0.6) is 0 Å². The highest BCUT2D eigenvalue weighted by molar-refractivity contribution is 7.09. The van der Waals surface area contributed by atoms with Crippen LogP contribution in [0.3, 0.4) is 0 Å². The van der Waals surface area contributed by atoms with Gasteiger partial charge in [-0.2, -0.15) is 0 Å². The van der Waals surface area contributed by atoms with E-state index in [4.69, 9.17) is 5.73 Å².